The maximum absolute atomic E-state index is 13.0. The average molecular weight is 370 g/mol. The standard InChI is InChI=1S/C22H26O5/c1-11(2)8-7-9-22(5)13(4)27-21-16-14(10-15(23)17(21)22)19(25)20(26-6)12(3)18(16)24/h8,10,13,23H,7,9H2,1-6H3/t13-,22+/m0/s1. The zero-order valence-corrected chi connectivity index (χ0v) is 16.7. The first kappa shape index (κ1) is 19.2. The number of fused-ring (bicyclic) bond motifs is 3. The Bertz CT molecular complexity index is 902. The Labute approximate surface area is 159 Å². The average Bonchev–Trinajstić information content (AvgIpc) is 2.85. The van der Waals surface area contributed by atoms with Crippen LogP contribution in [0.4, 0.5) is 0 Å². The molecule has 2 atom stereocenters. The van der Waals surface area contributed by atoms with Crippen molar-refractivity contribution in [3.8, 4) is 11.5 Å². The number of benzene rings is 1. The Morgan fingerprint density at radius 2 is 2.00 bits per heavy atom. The van der Waals surface area contributed by atoms with E-state index in [0.717, 1.165) is 12.8 Å². The van der Waals surface area contributed by atoms with Crippen molar-refractivity contribution in [2.75, 3.05) is 7.11 Å². The highest BCUT2D eigenvalue weighted by atomic mass is 16.5. The summed E-state index contributed by atoms with van der Waals surface area (Å²) in [5.74, 6) is -0.353. The van der Waals surface area contributed by atoms with Crippen molar-refractivity contribution >= 4 is 11.6 Å². The number of hydrogen-bond acceptors (Lipinski definition) is 5. The van der Waals surface area contributed by atoms with E-state index >= 15 is 0 Å². The predicted molar refractivity (Wildman–Crippen MR) is 103 cm³/mol. The van der Waals surface area contributed by atoms with Gasteiger partial charge in [-0.05, 0) is 46.6 Å². The number of phenols is 1. The molecule has 0 fully saturated rings. The molecule has 1 aromatic carbocycles. The zero-order valence-electron chi connectivity index (χ0n) is 16.7. The number of Topliss-reactive ketones (excluding diaryl/α,β-unsaturated/α-hetero) is 2. The van der Waals surface area contributed by atoms with E-state index in [0.29, 0.717) is 11.3 Å². The molecule has 1 N–H and O–H groups in total. The first-order chi connectivity index (χ1) is 12.6. The van der Waals surface area contributed by atoms with Gasteiger partial charge < -0.3 is 14.6 Å². The van der Waals surface area contributed by atoms with Gasteiger partial charge >= 0.3 is 0 Å². The molecular formula is C22H26O5. The van der Waals surface area contributed by atoms with E-state index in [4.69, 9.17) is 9.47 Å². The third-order valence-corrected chi connectivity index (χ3v) is 5.80. The highest BCUT2D eigenvalue weighted by Gasteiger charge is 2.48. The summed E-state index contributed by atoms with van der Waals surface area (Å²) in [6.45, 7) is 9.64. The van der Waals surface area contributed by atoms with Gasteiger partial charge in [-0.25, -0.2) is 0 Å². The summed E-state index contributed by atoms with van der Waals surface area (Å²) in [7, 11) is 1.36. The number of ketones is 2. The molecular weight excluding hydrogens is 344 g/mol. The van der Waals surface area contributed by atoms with Crippen molar-refractivity contribution in [3.63, 3.8) is 0 Å². The fraction of sp³-hybridized carbons (Fsp3) is 0.455. The minimum absolute atomic E-state index is 0.0102. The van der Waals surface area contributed by atoms with Gasteiger partial charge in [0.25, 0.3) is 0 Å². The van der Waals surface area contributed by atoms with E-state index < -0.39 is 11.2 Å². The van der Waals surface area contributed by atoms with Gasteiger partial charge in [0.1, 0.15) is 17.6 Å². The molecule has 0 saturated heterocycles. The number of rotatable bonds is 4. The monoisotopic (exact) mass is 370 g/mol. The van der Waals surface area contributed by atoms with Gasteiger partial charge in [0.2, 0.25) is 5.78 Å². The molecule has 0 saturated carbocycles. The van der Waals surface area contributed by atoms with Crippen LogP contribution in [0.1, 0.15) is 73.7 Å². The summed E-state index contributed by atoms with van der Waals surface area (Å²) >= 11 is 0. The van der Waals surface area contributed by atoms with Crippen molar-refractivity contribution in [2.45, 2.75) is 59.0 Å². The molecule has 5 heteroatoms. The fourth-order valence-corrected chi connectivity index (χ4v) is 4.05. The van der Waals surface area contributed by atoms with Gasteiger partial charge in [-0.1, -0.05) is 18.6 Å². The van der Waals surface area contributed by atoms with Crippen molar-refractivity contribution < 1.29 is 24.2 Å². The van der Waals surface area contributed by atoms with Crippen LogP contribution in [0.5, 0.6) is 11.5 Å². The van der Waals surface area contributed by atoms with E-state index in [1.165, 1.54) is 18.7 Å². The molecule has 1 aliphatic carbocycles. The molecule has 0 amide bonds. The number of methoxy groups -OCH3 is 1. The van der Waals surface area contributed by atoms with Crippen molar-refractivity contribution in [3.05, 3.63) is 45.7 Å². The highest BCUT2D eigenvalue weighted by Crippen LogP contribution is 2.53. The predicted octanol–water partition coefficient (Wildman–Crippen LogP) is 4.48. The summed E-state index contributed by atoms with van der Waals surface area (Å²) in [5, 5.41) is 10.8. The van der Waals surface area contributed by atoms with Crippen molar-refractivity contribution in [1.29, 1.82) is 0 Å². The number of carbonyl (C=O) groups is 2. The van der Waals surface area contributed by atoms with Crippen LogP contribution >= 0.6 is 0 Å². The Hall–Kier alpha value is -2.56. The summed E-state index contributed by atoms with van der Waals surface area (Å²) < 4.78 is 11.2. The Morgan fingerprint density at radius 3 is 2.59 bits per heavy atom. The van der Waals surface area contributed by atoms with E-state index in [9.17, 15) is 14.7 Å². The lowest BCUT2D eigenvalue weighted by atomic mass is 9.73. The van der Waals surface area contributed by atoms with Crippen LogP contribution < -0.4 is 4.74 Å². The molecule has 3 rings (SSSR count). The summed E-state index contributed by atoms with van der Waals surface area (Å²) in [6, 6.07) is 1.39. The lowest BCUT2D eigenvalue weighted by molar-refractivity contribution is 0.0902. The van der Waals surface area contributed by atoms with Crippen LogP contribution in [0.25, 0.3) is 0 Å². The molecule has 144 valence electrons. The van der Waals surface area contributed by atoms with Crippen LogP contribution in [0.15, 0.2) is 29.0 Å². The maximum Gasteiger partial charge on any atom is 0.228 e. The molecule has 5 nitrogen and oxygen atoms in total. The quantitative estimate of drug-likeness (QED) is 0.791. The van der Waals surface area contributed by atoms with Crippen LogP contribution in [-0.4, -0.2) is 29.9 Å². The fourth-order valence-electron chi connectivity index (χ4n) is 4.05. The van der Waals surface area contributed by atoms with Gasteiger partial charge in [0.15, 0.2) is 11.5 Å². The smallest absolute Gasteiger partial charge is 0.228 e. The lowest BCUT2D eigenvalue weighted by Crippen LogP contribution is -2.32. The normalized spacial score (nSPS) is 23.7. The van der Waals surface area contributed by atoms with Gasteiger partial charge in [-0.2, -0.15) is 0 Å². The number of phenolic OH excluding ortho intramolecular Hbond substituents is 1. The second-order valence-corrected chi connectivity index (χ2v) is 7.84. The second-order valence-electron chi connectivity index (χ2n) is 7.84. The molecule has 1 aromatic rings. The van der Waals surface area contributed by atoms with Crippen molar-refractivity contribution in [2.24, 2.45) is 0 Å². The molecule has 0 spiro atoms. The molecule has 2 aliphatic rings. The molecule has 0 unspecified atom stereocenters. The third kappa shape index (κ3) is 2.76. The minimum atomic E-state index is -0.455. The topological polar surface area (TPSA) is 72.8 Å². The van der Waals surface area contributed by atoms with E-state index in [1.807, 2.05) is 27.7 Å². The van der Waals surface area contributed by atoms with Gasteiger partial charge in [0.05, 0.1) is 12.7 Å². The first-order valence-corrected chi connectivity index (χ1v) is 9.18. The third-order valence-electron chi connectivity index (χ3n) is 5.80. The van der Waals surface area contributed by atoms with Gasteiger partial charge in [-0.15, -0.1) is 0 Å². The molecule has 1 aliphatic heterocycles. The first-order valence-electron chi connectivity index (χ1n) is 9.18. The SMILES string of the molecule is COC1=C(C)C(=O)c2c(cc(O)c3c2O[C@@H](C)[C@@]3(C)CCC=C(C)C)C1=O. The zero-order chi connectivity index (χ0) is 20.1. The molecule has 1 heterocycles. The van der Waals surface area contributed by atoms with E-state index in [1.54, 1.807) is 6.92 Å². The minimum Gasteiger partial charge on any atom is -0.507 e. The number of hydrogen-bond donors (Lipinski definition) is 1. The van der Waals surface area contributed by atoms with Gasteiger partial charge in [-0.3, -0.25) is 9.59 Å². The number of aromatic hydroxyl groups is 1. The molecule has 0 aromatic heterocycles. The van der Waals surface area contributed by atoms with E-state index in [2.05, 4.69) is 6.08 Å². The van der Waals surface area contributed by atoms with E-state index in [-0.39, 0.29) is 40.1 Å². The maximum atomic E-state index is 13.0. The van der Waals surface area contributed by atoms with Crippen LogP contribution in [0.2, 0.25) is 0 Å². The van der Waals surface area contributed by atoms with Crippen LogP contribution in [0.3, 0.4) is 0 Å². The van der Waals surface area contributed by atoms with Crippen molar-refractivity contribution in [1.82, 2.24) is 0 Å². The lowest BCUT2D eigenvalue weighted by Gasteiger charge is -2.28. The summed E-state index contributed by atoms with van der Waals surface area (Å²) in [4.78, 5) is 25.7. The Kier molecular flexibility index (Phi) is 4.66. The molecule has 27 heavy (non-hydrogen) atoms. The number of allylic oxidation sites excluding steroid dienone is 4. The Morgan fingerprint density at radius 1 is 1.33 bits per heavy atom. The summed E-state index contributed by atoms with van der Waals surface area (Å²) in [6.07, 6.45) is 3.52. The Balaban J connectivity index is 2.18. The largest absolute Gasteiger partial charge is 0.507 e. The van der Waals surface area contributed by atoms with Crippen LogP contribution in [0, 0.1) is 0 Å². The second kappa shape index (κ2) is 6.55. The summed E-state index contributed by atoms with van der Waals surface area (Å²) in [5.41, 5.74) is 2.03. The molecule has 0 bridgehead atoms. The highest BCUT2D eigenvalue weighted by molar-refractivity contribution is 6.27. The number of carbonyl (C=O) groups excluding carboxylic acids is 2. The molecule has 0 radical (unpaired) electrons. The number of ether oxygens (including phenoxy) is 2. The van der Waals surface area contributed by atoms with Crippen LogP contribution in [-0.2, 0) is 10.2 Å². The van der Waals surface area contributed by atoms with Gasteiger partial charge in [0, 0.05) is 22.1 Å².